The third-order valence-electron chi connectivity index (χ3n) is 2.96. The molecule has 1 unspecified atom stereocenters. The summed E-state index contributed by atoms with van der Waals surface area (Å²) in [5, 5.41) is 6.05. The summed E-state index contributed by atoms with van der Waals surface area (Å²) in [4.78, 5) is 20.5. The third kappa shape index (κ3) is 3.68. The van der Waals surface area contributed by atoms with Crippen molar-refractivity contribution >= 4 is 17.6 Å². The number of methoxy groups -OCH3 is 1. The van der Waals surface area contributed by atoms with Gasteiger partial charge in [-0.25, -0.2) is 14.8 Å². The number of aryl methyl sites for hydroxylation is 1. The Morgan fingerprint density at radius 2 is 1.86 bits per heavy atom. The van der Waals surface area contributed by atoms with Gasteiger partial charge in [-0.05, 0) is 12.5 Å². The van der Waals surface area contributed by atoms with Crippen LogP contribution in [0, 0.1) is 6.92 Å². The molecule has 0 aliphatic rings. The van der Waals surface area contributed by atoms with E-state index < -0.39 is 6.04 Å². The number of hydrogen-bond donors (Lipinski definition) is 2. The lowest BCUT2D eigenvalue weighted by atomic mass is 10.1. The number of carbonyl (C=O) groups excluding carboxylic acids is 1. The second-order valence-electron chi connectivity index (χ2n) is 4.45. The van der Waals surface area contributed by atoms with E-state index in [9.17, 15) is 4.79 Å². The molecule has 0 spiro atoms. The van der Waals surface area contributed by atoms with Crippen molar-refractivity contribution in [2.24, 2.45) is 0 Å². The first-order valence-corrected chi connectivity index (χ1v) is 6.56. The molecule has 2 aromatic rings. The van der Waals surface area contributed by atoms with Crippen LogP contribution >= 0.6 is 0 Å². The smallest absolute Gasteiger partial charge is 0.333 e. The van der Waals surface area contributed by atoms with E-state index in [-0.39, 0.29) is 5.97 Å². The maximum absolute atomic E-state index is 12.0. The van der Waals surface area contributed by atoms with Gasteiger partial charge in [0.05, 0.1) is 7.11 Å². The molecule has 6 heteroatoms. The number of benzene rings is 1. The fourth-order valence-corrected chi connectivity index (χ4v) is 1.96. The molecular weight excluding hydrogens is 268 g/mol. The van der Waals surface area contributed by atoms with Crippen molar-refractivity contribution in [1.29, 1.82) is 0 Å². The zero-order valence-corrected chi connectivity index (χ0v) is 12.3. The van der Waals surface area contributed by atoms with Crippen molar-refractivity contribution in [2.75, 3.05) is 24.8 Å². The lowest BCUT2D eigenvalue weighted by Gasteiger charge is -2.18. The topological polar surface area (TPSA) is 76.1 Å². The van der Waals surface area contributed by atoms with Gasteiger partial charge in [0, 0.05) is 13.1 Å². The molecule has 1 heterocycles. The molecule has 1 atom stereocenters. The van der Waals surface area contributed by atoms with Crippen molar-refractivity contribution in [3.05, 3.63) is 47.8 Å². The van der Waals surface area contributed by atoms with Gasteiger partial charge in [-0.2, -0.15) is 0 Å². The van der Waals surface area contributed by atoms with Crippen molar-refractivity contribution in [3.63, 3.8) is 0 Å². The molecule has 1 aromatic heterocycles. The molecule has 0 amide bonds. The molecule has 0 bridgehead atoms. The minimum Gasteiger partial charge on any atom is -0.467 e. The van der Waals surface area contributed by atoms with Gasteiger partial charge < -0.3 is 15.4 Å². The number of anilines is 2. The number of nitrogens with zero attached hydrogens (tertiary/aromatic N) is 2. The van der Waals surface area contributed by atoms with Gasteiger partial charge in [0.15, 0.2) is 6.04 Å². The summed E-state index contributed by atoms with van der Waals surface area (Å²) in [7, 11) is 3.14. The Bertz CT molecular complexity index is 616. The molecule has 2 rings (SSSR count). The SMILES string of the molecule is CNc1cc(NC(C(=O)OC)c2ccccc2)nc(C)n1. The van der Waals surface area contributed by atoms with E-state index in [1.54, 1.807) is 20.0 Å². The average Bonchev–Trinajstić information content (AvgIpc) is 2.52. The van der Waals surface area contributed by atoms with E-state index in [0.29, 0.717) is 17.5 Å². The Morgan fingerprint density at radius 1 is 1.19 bits per heavy atom. The molecular formula is C15H18N4O2. The summed E-state index contributed by atoms with van der Waals surface area (Å²) in [6.45, 7) is 1.79. The highest BCUT2D eigenvalue weighted by molar-refractivity contribution is 5.80. The van der Waals surface area contributed by atoms with Crippen LogP contribution in [0.1, 0.15) is 17.4 Å². The third-order valence-corrected chi connectivity index (χ3v) is 2.96. The molecule has 0 saturated carbocycles. The molecule has 110 valence electrons. The van der Waals surface area contributed by atoms with Gasteiger partial charge in [0.2, 0.25) is 0 Å². The second-order valence-corrected chi connectivity index (χ2v) is 4.45. The molecule has 0 fully saturated rings. The Morgan fingerprint density at radius 3 is 2.48 bits per heavy atom. The molecule has 0 aliphatic heterocycles. The van der Waals surface area contributed by atoms with E-state index >= 15 is 0 Å². The number of carbonyl (C=O) groups is 1. The van der Waals surface area contributed by atoms with Crippen LogP contribution in [0.3, 0.4) is 0 Å². The Hall–Kier alpha value is -2.63. The standard InChI is InChI=1S/C15H18N4O2/c1-10-17-12(16-2)9-13(18-10)19-14(15(20)21-3)11-7-5-4-6-8-11/h4-9,14H,1-3H3,(H2,16,17,18,19). The summed E-state index contributed by atoms with van der Waals surface area (Å²) >= 11 is 0. The lowest BCUT2D eigenvalue weighted by molar-refractivity contribution is -0.141. The van der Waals surface area contributed by atoms with Crippen molar-refractivity contribution in [1.82, 2.24) is 9.97 Å². The Balaban J connectivity index is 2.31. The predicted octanol–water partition coefficient (Wildman–Crippen LogP) is 2.15. The van der Waals surface area contributed by atoms with Gasteiger partial charge >= 0.3 is 5.97 Å². The van der Waals surface area contributed by atoms with E-state index in [0.717, 1.165) is 5.56 Å². The molecule has 21 heavy (non-hydrogen) atoms. The maximum Gasteiger partial charge on any atom is 0.333 e. The van der Waals surface area contributed by atoms with E-state index in [1.165, 1.54) is 7.11 Å². The van der Waals surface area contributed by atoms with Crippen LogP contribution in [-0.2, 0) is 9.53 Å². The predicted molar refractivity (Wildman–Crippen MR) is 81.1 cm³/mol. The first-order chi connectivity index (χ1) is 10.1. The molecule has 1 aromatic carbocycles. The van der Waals surface area contributed by atoms with Crippen molar-refractivity contribution < 1.29 is 9.53 Å². The van der Waals surface area contributed by atoms with Gasteiger partial charge in [-0.3, -0.25) is 0 Å². The van der Waals surface area contributed by atoms with Crippen molar-refractivity contribution in [2.45, 2.75) is 13.0 Å². The van der Waals surface area contributed by atoms with Crippen LogP contribution in [0.15, 0.2) is 36.4 Å². The molecule has 0 saturated heterocycles. The number of aromatic nitrogens is 2. The fraction of sp³-hybridized carbons (Fsp3) is 0.267. The average molecular weight is 286 g/mol. The zero-order chi connectivity index (χ0) is 15.2. The second kappa shape index (κ2) is 6.69. The molecule has 2 N–H and O–H groups in total. The minimum atomic E-state index is -0.616. The summed E-state index contributed by atoms with van der Waals surface area (Å²) in [6, 6.07) is 10.5. The van der Waals surface area contributed by atoms with E-state index in [1.807, 2.05) is 30.3 Å². The first kappa shape index (κ1) is 14.8. The van der Waals surface area contributed by atoms with Crippen LogP contribution in [0.4, 0.5) is 11.6 Å². The molecule has 6 nitrogen and oxygen atoms in total. The van der Waals surface area contributed by atoms with Crippen LogP contribution in [0.2, 0.25) is 0 Å². The zero-order valence-electron chi connectivity index (χ0n) is 12.3. The number of hydrogen-bond acceptors (Lipinski definition) is 6. The number of nitrogens with one attached hydrogen (secondary N) is 2. The normalized spacial score (nSPS) is 11.6. The van der Waals surface area contributed by atoms with Gasteiger partial charge in [-0.15, -0.1) is 0 Å². The highest BCUT2D eigenvalue weighted by atomic mass is 16.5. The fourth-order valence-electron chi connectivity index (χ4n) is 1.96. The lowest BCUT2D eigenvalue weighted by Crippen LogP contribution is -2.23. The largest absolute Gasteiger partial charge is 0.467 e. The minimum absolute atomic E-state index is 0.372. The number of ether oxygens (including phenoxy) is 1. The number of esters is 1. The summed E-state index contributed by atoms with van der Waals surface area (Å²) in [5.41, 5.74) is 0.812. The van der Waals surface area contributed by atoms with Crippen LogP contribution < -0.4 is 10.6 Å². The summed E-state index contributed by atoms with van der Waals surface area (Å²) < 4.78 is 4.87. The van der Waals surface area contributed by atoms with E-state index in [4.69, 9.17) is 4.74 Å². The van der Waals surface area contributed by atoms with Crippen LogP contribution in [-0.4, -0.2) is 30.1 Å². The highest BCUT2D eigenvalue weighted by Crippen LogP contribution is 2.21. The van der Waals surface area contributed by atoms with Crippen LogP contribution in [0.25, 0.3) is 0 Å². The monoisotopic (exact) mass is 286 g/mol. The maximum atomic E-state index is 12.0. The highest BCUT2D eigenvalue weighted by Gasteiger charge is 2.21. The Labute approximate surface area is 123 Å². The summed E-state index contributed by atoms with van der Waals surface area (Å²) in [6.07, 6.45) is 0. The number of rotatable bonds is 5. The Kier molecular flexibility index (Phi) is 4.71. The van der Waals surface area contributed by atoms with Crippen molar-refractivity contribution in [3.8, 4) is 0 Å². The summed E-state index contributed by atoms with van der Waals surface area (Å²) in [5.74, 6) is 1.48. The molecule has 0 aliphatic carbocycles. The van der Waals surface area contributed by atoms with Gasteiger partial charge in [0.1, 0.15) is 17.5 Å². The van der Waals surface area contributed by atoms with Crippen LogP contribution in [0.5, 0.6) is 0 Å². The van der Waals surface area contributed by atoms with Gasteiger partial charge in [-0.1, -0.05) is 30.3 Å². The van der Waals surface area contributed by atoms with Gasteiger partial charge in [0.25, 0.3) is 0 Å². The molecule has 0 radical (unpaired) electrons. The quantitative estimate of drug-likeness (QED) is 0.820. The van der Waals surface area contributed by atoms with E-state index in [2.05, 4.69) is 20.6 Å². The first-order valence-electron chi connectivity index (χ1n) is 6.56.